The van der Waals surface area contributed by atoms with E-state index in [9.17, 15) is 4.79 Å². The van der Waals surface area contributed by atoms with Crippen LogP contribution in [0.1, 0.15) is 50.5 Å². The number of hydrogen-bond acceptors (Lipinski definition) is 1. The van der Waals surface area contributed by atoms with Crippen LogP contribution < -0.4 is 0 Å². The Balaban J connectivity index is 1.99. The number of carbonyl (C=O) groups is 1. The summed E-state index contributed by atoms with van der Waals surface area (Å²) in [5, 5.41) is 0. The average Bonchev–Trinajstić information content (AvgIpc) is 2.40. The van der Waals surface area contributed by atoms with Gasteiger partial charge in [-0.2, -0.15) is 0 Å². The van der Waals surface area contributed by atoms with Crippen molar-refractivity contribution in [1.82, 2.24) is 0 Å². The molecule has 2 fully saturated rings. The van der Waals surface area contributed by atoms with Gasteiger partial charge in [-0.1, -0.05) is 43.2 Å². The summed E-state index contributed by atoms with van der Waals surface area (Å²) in [6, 6.07) is 10.9. The predicted octanol–water partition coefficient (Wildman–Crippen LogP) is 3.87. The Morgan fingerprint density at radius 3 is 2.71 bits per heavy atom. The Morgan fingerprint density at radius 2 is 1.88 bits per heavy atom. The van der Waals surface area contributed by atoms with Gasteiger partial charge >= 0.3 is 0 Å². The third-order valence-electron chi connectivity index (χ3n) is 4.88. The lowest BCUT2D eigenvalue weighted by molar-refractivity contribution is -0.124. The number of hydrogen-bond donors (Lipinski definition) is 0. The van der Waals surface area contributed by atoms with Gasteiger partial charge in [-0.3, -0.25) is 4.79 Å². The van der Waals surface area contributed by atoms with E-state index < -0.39 is 0 Å². The lowest BCUT2D eigenvalue weighted by atomic mass is 9.56. The van der Waals surface area contributed by atoms with Crippen molar-refractivity contribution < 1.29 is 4.79 Å². The number of rotatable bonds is 1. The van der Waals surface area contributed by atoms with E-state index >= 15 is 0 Å². The van der Waals surface area contributed by atoms with E-state index in [1.165, 1.54) is 31.2 Å². The van der Waals surface area contributed by atoms with Gasteiger partial charge in [-0.05, 0) is 36.2 Å². The molecule has 1 aromatic rings. The number of Topliss-reactive ketones (excluding diaryl/α,β-unsaturated/α-hetero) is 1. The number of benzene rings is 1. The van der Waals surface area contributed by atoms with Crippen LogP contribution in [-0.4, -0.2) is 5.78 Å². The molecule has 3 rings (SSSR count). The zero-order valence-corrected chi connectivity index (χ0v) is 10.3. The topological polar surface area (TPSA) is 17.1 Å². The Hall–Kier alpha value is -1.11. The average molecular weight is 228 g/mol. The van der Waals surface area contributed by atoms with Gasteiger partial charge in [0.15, 0.2) is 0 Å². The first-order valence-corrected chi connectivity index (χ1v) is 6.88. The molecule has 0 bridgehead atoms. The molecule has 2 saturated carbocycles. The highest BCUT2D eigenvalue weighted by Gasteiger charge is 2.45. The van der Waals surface area contributed by atoms with Crippen molar-refractivity contribution in [2.24, 2.45) is 5.92 Å². The first-order valence-electron chi connectivity index (χ1n) is 6.88. The van der Waals surface area contributed by atoms with Crippen LogP contribution >= 0.6 is 0 Å². The minimum absolute atomic E-state index is 0.327. The highest BCUT2D eigenvalue weighted by molar-refractivity contribution is 5.80. The molecule has 0 unspecified atom stereocenters. The van der Waals surface area contributed by atoms with Gasteiger partial charge < -0.3 is 0 Å². The molecule has 0 spiro atoms. The van der Waals surface area contributed by atoms with Crippen molar-refractivity contribution in [2.45, 2.75) is 50.4 Å². The standard InChI is InChI=1S/C16H20O/c17-15-9-11-16(13-6-2-1-3-7-13)10-5-4-8-14(16)12-15/h1-3,6-7,14H,4-5,8-12H2/t14-,16-/m1/s1. The SMILES string of the molecule is O=C1CC[C@@]2(c3ccccc3)CCCC[C@@H]2C1. The van der Waals surface area contributed by atoms with Crippen LogP contribution in [0.4, 0.5) is 0 Å². The maximum Gasteiger partial charge on any atom is 0.133 e. The van der Waals surface area contributed by atoms with Gasteiger partial charge in [-0.15, -0.1) is 0 Å². The summed E-state index contributed by atoms with van der Waals surface area (Å²) < 4.78 is 0. The maximum atomic E-state index is 11.7. The third-order valence-corrected chi connectivity index (χ3v) is 4.88. The molecule has 0 heterocycles. The Labute approximate surface area is 103 Å². The van der Waals surface area contributed by atoms with Crippen molar-refractivity contribution in [1.29, 1.82) is 0 Å². The van der Waals surface area contributed by atoms with Crippen LogP contribution in [-0.2, 0) is 10.2 Å². The first-order chi connectivity index (χ1) is 8.31. The van der Waals surface area contributed by atoms with E-state index in [2.05, 4.69) is 30.3 Å². The first kappa shape index (κ1) is 11.0. The minimum Gasteiger partial charge on any atom is -0.300 e. The van der Waals surface area contributed by atoms with Crippen LogP contribution in [0.2, 0.25) is 0 Å². The molecule has 90 valence electrons. The zero-order chi connectivity index (χ0) is 11.7. The third kappa shape index (κ3) is 1.82. The van der Waals surface area contributed by atoms with Crippen molar-refractivity contribution >= 4 is 5.78 Å². The molecule has 0 saturated heterocycles. The van der Waals surface area contributed by atoms with Crippen LogP contribution in [0.15, 0.2) is 30.3 Å². The second-order valence-electron chi connectivity index (χ2n) is 5.71. The molecular weight excluding hydrogens is 208 g/mol. The van der Waals surface area contributed by atoms with E-state index in [4.69, 9.17) is 0 Å². The summed E-state index contributed by atoms with van der Waals surface area (Å²) in [6.07, 6.45) is 7.89. The molecule has 2 aliphatic carbocycles. The van der Waals surface area contributed by atoms with Crippen molar-refractivity contribution in [2.75, 3.05) is 0 Å². The number of carbonyl (C=O) groups excluding carboxylic acids is 1. The highest BCUT2D eigenvalue weighted by Crippen LogP contribution is 2.51. The second-order valence-corrected chi connectivity index (χ2v) is 5.71. The summed E-state index contributed by atoms with van der Waals surface area (Å²) in [5.74, 6) is 1.10. The lowest BCUT2D eigenvalue weighted by Crippen LogP contribution is -2.43. The normalized spacial score (nSPS) is 33.2. The fourth-order valence-electron chi connectivity index (χ4n) is 3.97. The number of ketones is 1. The van der Waals surface area contributed by atoms with Gasteiger partial charge in [0.25, 0.3) is 0 Å². The molecule has 1 nitrogen and oxygen atoms in total. The van der Waals surface area contributed by atoms with Gasteiger partial charge in [-0.25, -0.2) is 0 Å². The van der Waals surface area contributed by atoms with E-state index in [1.807, 2.05) is 0 Å². The Kier molecular flexibility index (Phi) is 2.78. The molecular formula is C16H20O. The number of fused-ring (bicyclic) bond motifs is 1. The van der Waals surface area contributed by atoms with Crippen molar-refractivity contribution in [3.63, 3.8) is 0 Å². The van der Waals surface area contributed by atoms with Crippen LogP contribution in [0, 0.1) is 5.92 Å². The molecule has 0 radical (unpaired) electrons. The molecule has 1 heteroatoms. The van der Waals surface area contributed by atoms with Crippen molar-refractivity contribution in [3.05, 3.63) is 35.9 Å². The Bertz CT molecular complexity index is 409. The van der Waals surface area contributed by atoms with Crippen LogP contribution in [0.5, 0.6) is 0 Å². The van der Waals surface area contributed by atoms with Gasteiger partial charge in [0.2, 0.25) is 0 Å². The summed E-state index contributed by atoms with van der Waals surface area (Å²) >= 11 is 0. The van der Waals surface area contributed by atoms with E-state index in [1.54, 1.807) is 0 Å². The lowest BCUT2D eigenvalue weighted by Gasteiger charge is -2.47. The fraction of sp³-hybridized carbons (Fsp3) is 0.562. The van der Waals surface area contributed by atoms with Gasteiger partial charge in [0, 0.05) is 12.8 Å². The molecule has 0 aliphatic heterocycles. The maximum absolute atomic E-state index is 11.7. The van der Waals surface area contributed by atoms with E-state index in [0.717, 1.165) is 19.3 Å². The van der Waals surface area contributed by atoms with Crippen LogP contribution in [0.25, 0.3) is 0 Å². The van der Waals surface area contributed by atoms with Crippen molar-refractivity contribution in [3.8, 4) is 0 Å². The predicted molar refractivity (Wildman–Crippen MR) is 68.9 cm³/mol. The summed E-state index contributed by atoms with van der Waals surface area (Å²) in [4.78, 5) is 11.7. The zero-order valence-electron chi connectivity index (χ0n) is 10.3. The monoisotopic (exact) mass is 228 g/mol. The smallest absolute Gasteiger partial charge is 0.133 e. The fourth-order valence-corrected chi connectivity index (χ4v) is 3.97. The molecule has 2 atom stereocenters. The quantitative estimate of drug-likeness (QED) is 0.713. The molecule has 1 aromatic carbocycles. The molecule has 0 amide bonds. The molecule has 0 aromatic heterocycles. The molecule has 17 heavy (non-hydrogen) atoms. The Morgan fingerprint density at radius 1 is 1.06 bits per heavy atom. The summed E-state index contributed by atoms with van der Waals surface area (Å²) in [5.41, 5.74) is 1.81. The summed E-state index contributed by atoms with van der Waals surface area (Å²) in [7, 11) is 0. The highest BCUT2D eigenvalue weighted by atomic mass is 16.1. The minimum atomic E-state index is 0.327. The molecule has 0 N–H and O–H groups in total. The largest absolute Gasteiger partial charge is 0.300 e. The molecule has 2 aliphatic rings. The van der Waals surface area contributed by atoms with Gasteiger partial charge in [0.1, 0.15) is 5.78 Å². The van der Waals surface area contributed by atoms with E-state index in [0.29, 0.717) is 17.1 Å². The second kappa shape index (κ2) is 4.29. The van der Waals surface area contributed by atoms with Crippen LogP contribution in [0.3, 0.4) is 0 Å². The van der Waals surface area contributed by atoms with Gasteiger partial charge in [0.05, 0.1) is 0 Å². The summed E-state index contributed by atoms with van der Waals surface area (Å²) in [6.45, 7) is 0. The van der Waals surface area contributed by atoms with E-state index in [-0.39, 0.29) is 0 Å².